The Balaban J connectivity index is 1.68. The van der Waals surface area contributed by atoms with Crippen LogP contribution < -0.4 is 0 Å². The lowest BCUT2D eigenvalue weighted by molar-refractivity contribution is -0.384. The third kappa shape index (κ3) is 6.11. The molecule has 6 heteroatoms. The SMILES string of the molecule is CCOC(=O)C(CCc1ccccc1)CC(=O)c1ccc(-c2ccc([N+](=O)[O-])cc2)cc1. The maximum absolute atomic E-state index is 12.9. The summed E-state index contributed by atoms with van der Waals surface area (Å²) in [7, 11) is 0. The zero-order valence-electron chi connectivity index (χ0n) is 17.9. The number of nitro benzene ring substituents is 1. The molecule has 1 unspecified atom stereocenters. The average molecular weight is 431 g/mol. The normalized spacial score (nSPS) is 11.5. The zero-order valence-corrected chi connectivity index (χ0v) is 17.9. The number of carbonyl (C=O) groups excluding carboxylic acids is 2. The van der Waals surface area contributed by atoms with Crippen LogP contribution in [0.5, 0.6) is 0 Å². The molecule has 0 N–H and O–H groups in total. The van der Waals surface area contributed by atoms with Crippen LogP contribution >= 0.6 is 0 Å². The van der Waals surface area contributed by atoms with Crippen molar-refractivity contribution in [2.75, 3.05) is 6.61 Å². The Bertz CT molecular complexity index is 1060. The van der Waals surface area contributed by atoms with E-state index >= 15 is 0 Å². The molecular weight excluding hydrogens is 406 g/mol. The van der Waals surface area contributed by atoms with Crippen molar-refractivity contribution in [3.05, 3.63) is 100 Å². The fourth-order valence-electron chi connectivity index (χ4n) is 3.51. The van der Waals surface area contributed by atoms with Gasteiger partial charge in [0.15, 0.2) is 5.78 Å². The van der Waals surface area contributed by atoms with Crippen LogP contribution in [0.1, 0.15) is 35.7 Å². The van der Waals surface area contributed by atoms with Crippen molar-refractivity contribution in [2.24, 2.45) is 5.92 Å². The summed E-state index contributed by atoms with van der Waals surface area (Å²) in [6, 6.07) is 23.1. The van der Waals surface area contributed by atoms with E-state index in [9.17, 15) is 19.7 Å². The predicted octanol–water partition coefficient (Wildman–Crippen LogP) is 5.65. The van der Waals surface area contributed by atoms with Gasteiger partial charge >= 0.3 is 5.97 Å². The zero-order chi connectivity index (χ0) is 22.9. The number of benzene rings is 3. The standard InChI is InChI=1S/C26H25NO5/c1-2-32-26(29)23(9-8-19-6-4-3-5-7-19)18-25(28)22-12-10-20(11-13-22)21-14-16-24(17-15-21)27(30)31/h3-7,10-17,23H,2,8-9,18H2,1H3. The number of hydrogen-bond acceptors (Lipinski definition) is 5. The van der Waals surface area contributed by atoms with Crippen LogP contribution in [-0.2, 0) is 16.0 Å². The van der Waals surface area contributed by atoms with Gasteiger partial charge in [-0.3, -0.25) is 19.7 Å². The number of carbonyl (C=O) groups is 2. The van der Waals surface area contributed by atoms with E-state index in [-0.39, 0.29) is 30.5 Å². The maximum Gasteiger partial charge on any atom is 0.309 e. The number of nitrogens with zero attached hydrogens (tertiary/aromatic N) is 1. The molecule has 0 saturated heterocycles. The molecule has 0 bridgehead atoms. The summed E-state index contributed by atoms with van der Waals surface area (Å²) in [5, 5.41) is 10.8. The van der Waals surface area contributed by atoms with Crippen molar-refractivity contribution in [3.8, 4) is 11.1 Å². The lowest BCUT2D eigenvalue weighted by Crippen LogP contribution is -2.22. The van der Waals surface area contributed by atoms with E-state index in [0.29, 0.717) is 18.4 Å². The molecule has 6 nitrogen and oxygen atoms in total. The summed E-state index contributed by atoms with van der Waals surface area (Å²) in [6.07, 6.45) is 1.31. The molecule has 32 heavy (non-hydrogen) atoms. The van der Waals surface area contributed by atoms with Crippen molar-refractivity contribution >= 4 is 17.4 Å². The van der Waals surface area contributed by atoms with Crippen LogP contribution in [0.3, 0.4) is 0 Å². The minimum atomic E-state index is -0.503. The van der Waals surface area contributed by atoms with Gasteiger partial charge in [-0.25, -0.2) is 0 Å². The molecule has 3 aromatic carbocycles. The highest BCUT2D eigenvalue weighted by molar-refractivity contribution is 5.98. The maximum atomic E-state index is 12.9. The minimum Gasteiger partial charge on any atom is -0.466 e. The Kier molecular flexibility index (Phi) is 7.86. The number of esters is 1. The number of non-ortho nitro benzene ring substituents is 1. The molecule has 1 atom stereocenters. The van der Waals surface area contributed by atoms with Gasteiger partial charge in [-0.2, -0.15) is 0 Å². The van der Waals surface area contributed by atoms with Crippen LogP contribution in [0.25, 0.3) is 11.1 Å². The molecule has 0 heterocycles. The summed E-state index contributed by atoms with van der Waals surface area (Å²) < 4.78 is 5.19. The van der Waals surface area contributed by atoms with Crippen LogP contribution in [0.15, 0.2) is 78.9 Å². The highest BCUT2D eigenvalue weighted by atomic mass is 16.6. The van der Waals surface area contributed by atoms with Gasteiger partial charge in [0.05, 0.1) is 17.4 Å². The van der Waals surface area contributed by atoms with E-state index in [1.54, 1.807) is 43.3 Å². The number of hydrogen-bond donors (Lipinski definition) is 0. The number of ether oxygens (including phenoxy) is 1. The second-order valence-corrected chi connectivity index (χ2v) is 7.48. The summed E-state index contributed by atoms with van der Waals surface area (Å²) in [6.45, 7) is 2.03. The number of rotatable bonds is 10. The molecule has 0 fully saturated rings. The van der Waals surface area contributed by atoms with E-state index in [1.165, 1.54) is 12.1 Å². The van der Waals surface area contributed by atoms with Gasteiger partial charge in [0, 0.05) is 24.1 Å². The Morgan fingerprint density at radius 2 is 1.50 bits per heavy atom. The van der Waals surface area contributed by atoms with E-state index in [1.807, 2.05) is 30.3 Å². The fourth-order valence-corrected chi connectivity index (χ4v) is 3.51. The van der Waals surface area contributed by atoms with Gasteiger partial charge < -0.3 is 4.74 Å². The number of nitro groups is 1. The molecule has 0 aliphatic rings. The molecule has 0 aromatic heterocycles. The molecule has 3 rings (SSSR count). The van der Waals surface area contributed by atoms with E-state index in [4.69, 9.17) is 4.74 Å². The first-order valence-corrected chi connectivity index (χ1v) is 10.6. The van der Waals surface area contributed by atoms with Crippen molar-refractivity contribution in [2.45, 2.75) is 26.2 Å². The van der Waals surface area contributed by atoms with Gasteiger partial charge in [-0.05, 0) is 48.6 Å². The molecule has 0 aliphatic heterocycles. The molecular formula is C26H25NO5. The van der Waals surface area contributed by atoms with E-state index in [2.05, 4.69) is 0 Å². The second-order valence-electron chi connectivity index (χ2n) is 7.48. The molecule has 0 aliphatic carbocycles. The van der Waals surface area contributed by atoms with E-state index in [0.717, 1.165) is 16.7 Å². The van der Waals surface area contributed by atoms with Crippen molar-refractivity contribution < 1.29 is 19.2 Å². The van der Waals surface area contributed by atoms with Crippen molar-refractivity contribution in [3.63, 3.8) is 0 Å². The minimum absolute atomic E-state index is 0.0288. The Morgan fingerprint density at radius 3 is 2.06 bits per heavy atom. The first kappa shape index (κ1) is 22.9. The molecule has 0 spiro atoms. The average Bonchev–Trinajstić information content (AvgIpc) is 2.82. The van der Waals surface area contributed by atoms with Gasteiger partial charge in [-0.15, -0.1) is 0 Å². The largest absolute Gasteiger partial charge is 0.466 e. The quantitative estimate of drug-likeness (QED) is 0.179. The number of Topliss-reactive ketones (excluding diaryl/α,β-unsaturated/α-hetero) is 1. The predicted molar refractivity (Wildman–Crippen MR) is 122 cm³/mol. The number of ketones is 1. The van der Waals surface area contributed by atoms with Gasteiger partial charge in [-0.1, -0.05) is 54.6 Å². The first-order valence-electron chi connectivity index (χ1n) is 10.6. The highest BCUT2D eigenvalue weighted by Crippen LogP contribution is 2.24. The third-order valence-electron chi connectivity index (χ3n) is 5.29. The van der Waals surface area contributed by atoms with Crippen LogP contribution in [-0.4, -0.2) is 23.3 Å². The van der Waals surface area contributed by atoms with Gasteiger partial charge in [0.25, 0.3) is 5.69 Å². The Labute approximate surface area is 187 Å². The van der Waals surface area contributed by atoms with Crippen molar-refractivity contribution in [1.82, 2.24) is 0 Å². The number of aryl methyl sites for hydroxylation is 1. The first-order chi connectivity index (χ1) is 15.5. The smallest absolute Gasteiger partial charge is 0.309 e. The summed E-state index contributed by atoms with van der Waals surface area (Å²) in [5.74, 6) is -0.970. The lowest BCUT2D eigenvalue weighted by atomic mass is 9.92. The monoisotopic (exact) mass is 431 g/mol. The fraction of sp³-hybridized carbons (Fsp3) is 0.231. The van der Waals surface area contributed by atoms with Crippen molar-refractivity contribution in [1.29, 1.82) is 0 Å². The lowest BCUT2D eigenvalue weighted by Gasteiger charge is -2.15. The molecule has 3 aromatic rings. The van der Waals surface area contributed by atoms with Crippen LogP contribution in [0.4, 0.5) is 5.69 Å². The summed E-state index contributed by atoms with van der Waals surface area (Å²) >= 11 is 0. The molecule has 164 valence electrons. The molecule has 0 saturated carbocycles. The molecule has 0 radical (unpaired) electrons. The van der Waals surface area contributed by atoms with E-state index < -0.39 is 10.8 Å². The van der Waals surface area contributed by atoms with Crippen LogP contribution in [0.2, 0.25) is 0 Å². The summed E-state index contributed by atoms with van der Waals surface area (Å²) in [5.41, 5.74) is 3.33. The Hall–Kier alpha value is -3.80. The van der Waals surface area contributed by atoms with Gasteiger partial charge in [0.2, 0.25) is 0 Å². The molecule has 0 amide bonds. The Morgan fingerprint density at radius 1 is 0.906 bits per heavy atom. The summed E-state index contributed by atoms with van der Waals surface area (Å²) in [4.78, 5) is 35.6. The van der Waals surface area contributed by atoms with Crippen LogP contribution in [0, 0.1) is 16.0 Å². The second kappa shape index (κ2) is 11.0. The third-order valence-corrected chi connectivity index (χ3v) is 5.29. The highest BCUT2D eigenvalue weighted by Gasteiger charge is 2.24. The van der Waals surface area contributed by atoms with Gasteiger partial charge in [0.1, 0.15) is 0 Å². The topological polar surface area (TPSA) is 86.5 Å².